The number of nitrogens with one attached hydrogen (secondary N) is 2. The quantitative estimate of drug-likeness (QED) is 0.175. The van der Waals surface area contributed by atoms with E-state index >= 15 is 0 Å². The number of hydrogen-bond acceptors (Lipinski definition) is 5. The molecule has 0 saturated heterocycles. The van der Waals surface area contributed by atoms with E-state index < -0.39 is 65.6 Å². The molecule has 0 unspecified atom stereocenters. The van der Waals surface area contributed by atoms with Crippen molar-refractivity contribution in [3.8, 4) is 17.2 Å². The number of rotatable bonds is 8. The Bertz CT molecular complexity index is 1800. The molecule has 0 saturated carbocycles. The molecule has 7 nitrogen and oxygen atoms in total. The molecule has 1 amide bonds. The lowest BCUT2D eigenvalue weighted by Crippen LogP contribution is -2.48. The highest BCUT2D eigenvalue weighted by molar-refractivity contribution is 6.33. The zero-order valence-electron chi connectivity index (χ0n) is 22.2. The van der Waals surface area contributed by atoms with E-state index in [0.717, 1.165) is 5.32 Å². The van der Waals surface area contributed by atoms with E-state index in [1.165, 1.54) is 24.4 Å². The minimum Gasteiger partial charge on any atom is -0.480 e. The van der Waals surface area contributed by atoms with Crippen LogP contribution in [0.5, 0.6) is 0 Å². The number of carboxylic acid groups (broad SMARTS) is 1. The van der Waals surface area contributed by atoms with Gasteiger partial charge in [0.25, 0.3) is 5.91 Å². The number of aromatic nitrogens is 1. The van der Waals surface area contributed by atoms with Gasteiger partial charge in [0.2, 0.25) is 6.04 Å². The molecule has 0 aliphatic rings. The summed E-state index contributed by atoms with van der Waals surface area (Å²) in [7, 11) is 0. The third-order valence-electron chi connectivity index (χ3n) is 6.51. The third-order valence-corrected chi connectivity index (χ3v) is 6.82. The topological polar surface area (TPSA) is 115 Å². The lowest BCUT2D eigenvalue weighted by molar-refractivity contribution is -0.242. The predicted molar refractivity (Wildman–Crippen MR) is 145 cm³/mol. The molecular weight excluding hydrogens is 640 g/mol. The highest BCUT2D eigenvalue weighted by Crippen LogP contribution is 2.37. The Morgan fingerprint density at radius 1 is 0.956 bits per heavy atom. The van der Waals surface area contributed by atoms with Gasteiger partial charge < -0.3 is 15.7 Å². The van der Waals surface area contributed by atoms with Crippen molar-refractivity contribution in [1.29, 1.82) is 5.26 Å². The maximum atomic E-state index is 14.7. The summed E-state index contributed by atoms with van der Waals surface area (Å²) in [6, 6.07) is 6.88. The van der Waals surface area contributed by atoms with Crippen LogP contribution in [-0.4, -0.2) is 46.4 Å². The van der Waals surface area contributed by atoms with Gasteiger partial charge >= 0.3 is 18.3 Å². The number of carboxylic acids is 1. The average molecular weight is 657 g/mol. The number of nitriles is 1. The highest BCUT2D eigenvalue weighted by atomic mass is 35.5. The Labute approximate surface area is 253 Å². The molecule has 0 radical (unpaired) electrons. The molecule has 0 bridgehead atoms. The molecule has 3 aromatic carbocycles. The van der Waals surface area contributed by atoms with Crippen LogP contribution in [0.25, 0.3) is 22.0 Å². The van der Waals surface area contributed by atoms with E-state index in [1.54, 1.807) is 24.3 Å². The van der Waals surface area contributed by atoms with Crippen LogP contribution >= 0.6 is 11.6 Å². The number of alkyl halides is 6. The van der Waals surface area contributed by atoms with Crippen LogP contribution in [0.15, 0.2) is 60.8 Å². The Balaban J connectivity index is 1.62. The van der Waals surface area contributed by atoms with Crippen molar-refractivity contribution < 1.29 is 49.8 Å². The second-order valence-corrected chi connectivity index (χ2v) is 9.93. The van der Waals surface area contributed by atoms with Crippen molar-refractivity contribution >= 4 is 40.1 Å². The molecule has 234 valence electrons. The van der Waals surface area contributed by atoms with Crippen LogP contribution in [-0.2, 0) is 11.2 Å². The van der Waals surface area contributed by atoms with Gasteiger partial charge in [-0.3, -0.25) is 9.78 Å². The van der Waals surface area contributed by atoms with Gasteiger partial charge in [-0.2, -0.15) is 31.6 Å². The van der Waals surface area contributed by atoms with Gasteiger partial charge in [-0.1, -0.05) is 35.9 Å². The fourth-order valence-electron chi connectivity index (χ4n) is 4.47. The monoisotopic (exact) mass is 656 g/mol. The molecule has 4 aromatic rings. The number of nitrogens with zero attached hydrogens (tertiary/aromatic N) is 2. The molecule has 4 rings (SSSR count). The average Bonchev–Trinajstić information content (AvgIpc) is 2.94. The minimum atomic E-state index is -5.87. The summed E-state index contributed by atoms with van der Waals surface area (Å²) in [6.45, 7) is 0. The first-order chi connectivity index (χ1) is 21.0. The zero-order valence-corrected chi connectivity index (χ0v) is 23.0. The largest absolute Gasteiger partial charge is 0.480 e. The molecule has 45 heavy (non-hydrogen) atoms. The van der Waals surface area contributed by atoms with Crippen LogP contribution < -0.4 is 10.6 Å². The van der Waals surface area contributed by atoms with Gasteiger partial charge in [0, 0.05) is 39.8 Å². The van der Waals surface area contributed by atoms with Gasteiger partial charge in [-0.25, -0.2) is 13.6 Å². The SMILES string of the molecule is N#Cc1ccc(-c2ccc(C[C@H](NC(=O)c3c(F)cc(NC(C(F)(F)F)C(F)(F)F)cc3F)C(=O)O)c3cccnc23)c(Cl)c1. The van der Waals surface area contributed by atoms with Crippen molar-refractivity contribution in [1.82, 2.24) is 10.3 Å². The molecule has 0 fully saturated rings. The number of anilines is 1. The second-order valence-electron chi connectivity index (χ2n) is 9.52. The first kappa shape index (κ1) is 32.9. The second kappa shape index (κ2) is 12.6. The first-order valence-corrected chi connectivity index (χ1v) is 12.9. The molecule has 1 atom stereocenters. The van der Waals surface area contributed by atoms with Crippen molar-refractivity contribution in [3.05, 3.63) is 94.1 Å². The Morgan fingerprint density at radius 3 is 2.13 bits per heavy atom. The summed E-state index contributed by atoms with van der Waals surface area (Å²) in [5, 5.41) is 22.4. The lowest BCUT2D eigenvalue weighted by atomic mass is 9.94. The number of benzene rings is 3. The summed E-state index contributed by atoms with van der Waals surface area (Å²) in [5.74, 6) is -6.95. The number of halogens is 9. The predicted octanol–water partition coefficient (Wildman–Crippen LogP) is 7.04. The third kappa shape index (κ3) is 7.23. The molecule has 0 spiro atoms. The Hall–Kier alpha value is -4.97. The number of carbonyl (C=O) groups is 2. The van der Waals surface area contributed by atoms with Crippen LogP contribution in [0, 0.1) is 23.0 Å². The number of hydrogen-bond donors (Lipinski definition) is 3. The van der Waals surface area contributed by atoms with Crippen molar-refractivity contribution in [2.24, 2.45) is 0 Å². The van der Waals surface area contributed by atoms with Crippen molar-refractivity contribution in [2.45, 2.75) is 30.9 Å². The van der Waals surface area contributed by atoms with Gasteiger partial charge in [0.15, 0.2) is 0 Å². The minimum absolute atomic E-state index is 0.0461. The van der Waals surface area contributed by atoms with Gasteiger partial charge in [0.1, 0.15) is 23.2 Å². The van der Waals surface area contributed by atoms with Crippen molar-refractivity contribution in [2.75, 3.05) is 5.32 Å². The Kier molecular flexibility index (Phi) is 9.19. The van der Waals surface area contributed by atoms with Gasteiger partial charge in [-0.15, -0.1) is 0 Å². The summed E-state index contributed by atoms with van der Waals surface area (Å²) in [5.41, 5.74) is -0.663. The van der Waals surface area contributed by atoms with E-state index in [0.29, 0.717) is 33.2 Å². The zero-order chi connectivity index (χ0) is 33.3. The fraction of sp³-hybridized carbons (Fsp3) is 0.172. The van der Waals surface area contributed by atoms with Gasteiger partial charge in [-0.05, 0) is 35.9 Å². The van der Waals surface area contributed by atoms with E-state index in [-0.39, 0.29) is 17.2 Å². The number of fused-ring (bicyclic) bond motifs is 1. The normalized spacial score (nSPS) is 12.6. The highest BCUT2D eigenvalue weighted by Gasteiger charge is 2.57. The molecule has 3 N–H and O–H groups in total. The summed E-state index contributed by atoms with van der Waals surface area (Å²) < 4.78 is 106. The molecule has 0 aliphatic heterocycles. The van der Waals surface area contributed by atoms with E-state index in [2.05, 4.69) is 4.98 Å². The molecule has 1 aromatic heterocycles. The molecule has 0 aliphatic carbocycles. The fourth-order valence-corrected chi connectivity index (χ4v) is 4.75. The standard InChI is InChI=1S/C29H17ClF8N4O3/c30-19-8-13(12-39)3-5-17(19)18-6-4-14(16-2-1-7-40-24(16)18)9-22(26(44)45)42-25(43)23-20(31)10-15(11-21(23)32)41-27(28(33,34)35)29(36,37)38/h1-8,10-11,22,27,41H,9H2,(H,42,43)(H,44,45)/t22-/m0/s1. The van der Waals surface area contributed by atoms with Crippen LogP contribution in [0.3, 0.4) is 0 Å². The molecular formula is C29H17ClF8N4O3. The van der Waals surface area contributed by atoms with Crippen LogP contribution in [0.1, 0.15) is 21.5 Å². The maximum absolute atomic E-state index is 14.7. The van der Waals surface area contributed by atoms with E-state index in [1.807, 2.05) is 11.4 Å². The first-order valence-electron chi connectivity index (χ1n) is 12.5. The number of carbonyl (C=O) groups excluding carboxylic acids is 1. The van der Waals surface area contributed by atoms with E-state index in [9.17, 15) is 49.8 Å². The number of aliphatic carboxylic acids is 1. The number of amides is 1. The van der Waals surface area contributed by atoms with Crippen LogP contribution in [0.4, 0.5) is 40.8 Å². The smallest absolute Gasteiger partial charge is 0.417 e. The lowest BCUT2D eigenvalue weighted by Gasteiger charge is -2.25. The maximum Gasteiger partial charge on any atom is 0.417 e. The van der Waals surface area contributed by atoms with E-state index in [4.69, 9.17) is 16.9 Å². The number of pyridine rings is 1. The van der Waals surface area contributed by atoms with Crippen molar-refractivity contribution in [3.63, 3.8) is 0 Å². The Morgan fingerprint density at radius 2 is 1.58 bits per heavy atom. The molecule has 1 heterocycles. The van der Waals surface area contributed by atoms with Crippen LogP contribution in [0.2, 0.25) is 5.02 Å². The summed E-state index contributed by atoms with van der Waals surface area (Å²) in [6.07, 6.45) is -10.7. The summed E-state index contributed by atoms with van der Waals surface area (Å²) >= 11 is 6.35. The summed E-state index contributed by atoms with van der Waals surface area (Å²) in [4.78, 5) is 29.1. The molecule has 16 heteroatoms. The van der Waals surface area contributed by atoms with Gasteiger partial charge in [0.05, 0.1) is 17.1 Å².